The molecule has 4 rings (SSSR count). The summed E-state index contributed by atoms with van der Waals surface area (Å²) < 4.78 is 1.57. The lowest BCUT2D eigenvalue weighted by molar-refractivity contribution is -0.121. The highest BCUT2D eigenvalue weighted by atomic mass is 35.5. The number of rotatable bonds is 6. The van der Waals surface area contributed by atoms with Gasteiger partial charge in [0.25, 0.3) is 5.91 Å². The molecule has 0 unspecified atom stereocenters. The Hall–Kier alpha value is -3.23. The average Bonchev–Trinajstić information content (AvgIpc) is 3.24. The molecule has 0 radical (unpaired) electrons. The van der Waals surface area contributed by atoms with E-state index in [0.717, 1.165) is 31.6 Å². The number of aromatic nitrogens is 3. The highest BCUT2D eigenvalue weighted by Crippen LogP contribution is 2.25. The number of piperidine rings is 1. The SMILES string of the molecule is CC(C)N1CCC(C(=O)Nc2c(C(=O)Nc3ccc(Cl)cn3)cnn2-c2ccccc2)CC1. The van der Waals surface area contributed by atoms with Crippen molar-refractivity contribution in [1.29, 1.82) is 0 Å². The number of hydrogen-bond donors (Lipinski definition) is 2. The second-order valence-corrected chi connectivity index (χ2v) is 8.80. The van der Waals surface area contributed by atoms with Crippen molar-refractivity contribution < 1.29 is 9.59 Å². The number of amides is 2. The van der Waals surface area contributed by atoms with Gasteiger partial charge in [-0.25, -0.2) is 9.67 Å². The van der Waals surface area contributed by atoms with E-state index in [9.17, 15) is 9.59 Å². The van der Waals surface area contributed by atoms with Gasteiger partial charge in [-0.05, 0) is 64.0 Å². The number of nitrogens with zero attached hydrogens (tertiary/aromatic N) is 4. The van der Waals surface area contributed by atoms with Crippen LogP contribution in [0.3, 0.4) is 0 Å². The molecule has 2 N–H and O–H groups in total. The van der Waals surface area contributed by atoms with Crippen LogP contribution in [0.25, 0.3) is 5.69 Å². The first-order valence-corrected chi connectivity index (χ1v) is 11.4. The average molecular weight is 467 g/mol. The molecule has 0 saturated carbocycles. The summed E-state index contributed by atoms with van der Waals surface area (Å²) in [7, 11) is 0. The molecule has 1 aliphatic heterocycles. The number of hydrogen-bond acceptors (Lipinski definition) is 5. The van der Waals surface area contributed by atoms with Crippen LogP contribution in [0.1, 0.15) is 37.0 Å². The fourth-order valence-corrected chi connectivity index (χ4v) is 4.04. The molecule has 2 aromatic heterocycles. The Labute approximate surface area is 198 Å². The quantitative estimate of drug-likeness (QED) is 0.567. The number of carbonyl (C=O) groups is 2. The van der Waals surface area contributed by atoms with Gasteiger partial charge in [0.1, 0.15) is 17.2 Å². The van der Waals surface area contributed by atoms with Crippen molar-refractivity contribution in [3.8, 4) is 5.69 Å². The maximum atomic E-state index is 13.2. The van der Waals surface area contributed by atoms with Crippen molar-refractivity contribution >= 4 is 35.1 Å². The molecule has 9 heteroatoms. The third kappa shape index (κ3) is 5.40. The third-order valence-electron chi connectivity index (χ3n) is 5.86. The van der Waals surface area contributed by atoms with E-state index in [4.69, 9.17) is 11.6 Å². The number of para-hydroxylation sites is 1. The lowest BCUT2D eigenvalue weighted by Crippen LogP contribution is -2.41. The van der Waals surface area contributed by atoms with Gasteiger partial charge in [-0.15, -0.1) is 0 Å². The van der Waals surface area contributed by atoms with Crippen molar-refractivity contribution in [2.24, 2.45) is 5.92 Å². The molecule has 0 aliphatic carbocycles. The summed E-state index contributed by atoms with van der Waals surface area (Å²) in [4.78, 5) is 32.7. The van der Waals surface area contributed by atoms with Crippen LogP contribution in [-0.2, 0) is 4.79 Å². The molecule has 1 saturated heterocycles. The van der Waals surface area contributed by atoms with Crippen LogP contribution in [0, 0.1) is 5.92 Å². The summed E-state index contributed by atoms with van der Waals surface area (Å²) in [5, 5.41) is 10.6. The molecular formula is C24H27ClN6O2. The fraction of sp³-hybridized carbons (Fsp3) is 0.333. The Morgan fingerprint density at radius 2 is 1.76 bits per heavy atom. The summed E-state index contributed by atoms with van der Waals surface area (Å²) >= 11 is 5.88. The summed E-state index contributed by atoms with van der Waals surface area (Å²) in [6.45, 7) is 6.09. The van der Waals surface area contributed by atoms with E-state index >= 15 is 0 Å². The van der Waals surface area contributed by atoms with Gasteiger partial charge in [0.05, 0.1) is 16.9 Å². The first-order valence-electron chi connectivity index (χ1n) is 11.0. The van der Waals surface area contributed by atoms with Gasteiger partial charge in [-0.3, -0.25) is 9.59 Å². The van der Waals surface area contributed by atoms with E-state index in [1.165, 1.54) is 12.4 Å². The van der Waals surface area contributed by atoms with Crippen LogP contribution in [0.4, 0.5) is 11.6 Å². The second kappa shape index (κ2) is 10.1. The highest BCUT2D eigenvalue weighted by molar-refractivity contribution is 6.30. The van der Waals surface area contributed by atoms with Gasteiger partial charge in [-0.2, -0.15) is 5.10 Å². The summed E-state index contributed by atoms with van der Waals surface area (Å²) in [6.07, 6.45) is 4.46. The molecular weight excluding hydrogens is 440 g/mol. The monoisotopic (exact) mass is 466 g/mol. The number of carbonyl (C=O) groups excluding carboxylic acids is 2. The van der Waals surface area contributed by atoms with Gasteiger partial charge < -0.3 is 15.5 Å². The van der Waals surface area contributed by atoms with Crippen LogP contribution in [-0.4, -0.2) is 50.6 Å². The van der Waals surface area contributed by atoms with E-state index in [1.54, 1.807) is 16.8 Å². The molecule has 2 amide bonds. The molecule has 33 heavy (non-hydrogen) atoms. The minimum Gasteiger partial charge on any atom is -0.310 e. The Morgan fingerprint density at radius 3 is 2.39 bits per heavy atom. The standard InChI is InChI=1S/C24H27ClN6O2/c1-16(2)30-12-10-17(11-13-30)23(32)29-22-20(15-27-31(22)19-6-4-3-5-7-19)24(33)28-21-9-8-18(25)14-26-21/h3-9,14-17H,10-13H2,1-2H3,(H,29,32)(H,26,28,33). The lowest BCUT2D eigenvalue weighted by atomic mass is 9.95. The maximum Gasteiger partial charge on any atom is 0.262 e. The molecule has 172 valence electrons. The number of nitrogens with one attached hydrogen (secondary N) is 2. The molecule has 1 fully saturated rings. The number of benzene rings is 1. The number of pyridine rings is 1. The molecule has 1 aromatic carbocycles. The molecule has 1 aliphatic rings. The number of anilines is 2. The maximum absolute atomic E-state index is 13.2. The van der Waals surface area contributed by atoms with Crippen molar-refractivity contribution in [3.05, 3.63) is 65.4 Å². The molecule has 0 spiro atoms. The third-order valence-corrected chi connectivity index (χ3v) is 6.08. The summed E-state index contributed by atoms with van der Waals surface area (Å²) in [5.41, 5.74) is 0.995. The van der Waals surface area contributed by atoms with Gasteiger partial charge >= 0.3 is 0 Å². The van der Waals surface area contributed by atoms with Crippen molar-refractivity contribution in [1.82, 2.24) is 19.7 Å². The minimum atomic E-state index is -0.420. The highest BCUT2D eigenvalue weighted by Gasteiger charge is 2.28. The first kappa shape index (κ1) is 22.9. The Kier molecular flexibility index (Phi) is 7.05. The first-order chi connectivity index (χ1) is 15.9. The fourth-order valence-electron chi connectivity index (χ4n) is 3.93. The van der Waals surface area contributed by atoms with E-state index < -0.39 is 5.91 Å². The Balaban J connectivity index is 1.58. The van der Waals surface area contributed by atoms with Crippen molar-refractivity contribution in [2.75, 3.05) is 23.7 Å². The van der Waals surface area contributed by atoms with E-state index in [2.05, 4.69) is 39.5 Å². The topological polar surface area (TPSA) is 92.2 Å². The van der Waals surface area contributed by atoms with Gasteiger partial charge in [-0.1, -0.05) is 29.8 Å². The van der Waals surface area contributed by atoms with Gasteiger partial charge in [0, 0.05) is 18.2 Å². The molecule has 8 nitrogen and oxygen atoms in total. The minimum absolute atomic E-state index is 0.102. The lowest BCUT2D eigenvalue weighted by Gasteiger charge is -2.34. The largest absolute Gasteiger partial charge is 0.310 e. The van der Waals surface area contributed by atoms with Crippen LogP contribution in [0.15, 0.2) is 54.9 Å². The van der Waals surface area contributed by atoms with Gasteiger partial charge in [0.2, 0.25) is 5.91 Å². The second-order valence-electron chi connectivity index (χ2n) is 8.36. The normalized spacial score (nSPS) is 14.9. The van der Waals surface area contributed by atoms with Crippen LogP contribution in [0.5, 0.6) is 0 Å². The zero-order valence-corrected chi connectivity index (χ0v) is 19.4. The predicted molar refractivity (Wildman–Crippen MR) is 129 cm³/mol. The smallest absolute Gasteiger partial charge is 0.262 e. The van der Waals surface area contributed by atoms with Crippen molar-refractivity contribution in [2.45, 2.75) is 32.7 Å². The molecule has 3 aromatic rings. The molecule has 3 heterocycles. The summed E-state index contributed by atoms with van der Waals surface area (Å²) in [5.74, 6) is 0.0544. The van der Waals surface area contributed by atoms with E-state index in [0.29, 0.717) is 22.7 Å². The molecule has 0 atom stereocenters. The number of halogens is 1. The predicted octanol–water partition coefficient (Wildman–Crippen LogP) is 4.23. The van der Waals surface area contributed by atoms with E-state index in [1.807, 2.05) is 30.3 Å². The summed E-state index contributed by atoms with van der Waals surface area (Å²) in [6, 6.07) is 13.1. The van der Waals surface area contributed by atoms with Gasteiger partial charge in [0.15, 0.2) is 0 Å². The molecule has 0 bridgehead atoms. The number of likely N-dealkylation sites (tertiary alicyclic amines) is 1. The zero-order valence-electron chi connectivity index (χ0n) is 18.7. The van der Waals surface area contributed by atoms with Crippen LogP contribution < -0.4 is 10.6 Å². The Bertz CT molecular complexity index is 1110. The van der Waals surface area contributed by atoms with Crippen LogP contribution >= 0.6 is 11.6 Å². The van der Waals surface area contributed by atoms with E-state index in [-0.39, 0.29) is 17.4 Å². The Morgan fingerprint density at radius 1 is 1.03 bits per heavy atom. The van der Waals surface area contributed by atoms with Crippen molar-refractivity contribution in [3.63, 3.8) is 0 Å². The van der Waals surface area contributed by atoms with Crippen LogP contribution in [0.2, 0.25) is 5.02 Å². The zero-order chi connectivity index (χ0) is 23.4.